The van der Waals surface area contributed by atoms with Gasteiger partial charge in [0.25, 0.3) is 5.56 Å². The van der Waals surface area contributed by atoms with E-state index in [0.29, 0.717) is 16.6 Å². The molecule has 0 atom stereocenters. The smallest absolute Gasteiger partial charge is 0.262 e. The Kier molecular flexibility index (Phi) is 3.74. The van der Waals surface area contributed by atoms with Gasteiger partial charge in [-0.05, 0) is 24.8 Å². The van der Waals surface area contributed by atoms with Crippen LogP contribution in [0.4, 0.5) is 5.95 Å². The van der Waals surface area contributed by atoms with Crippen LogP contribution in [0.2, 0.25) is 0 Å². The quantitative estimate of drug-likeness (QED) is 0.748. The van der Waals surface area contributed by atoms with Crippen molar-refractivity contribution >= 4 is 23.3 Å². The summed E-state index contributed by atoms with van der Waals surface area (Å²) in [5.74, 6) is 0.106. The number of nitrogens with zero attached hydrogens (tertiary/aromatic N) is 1. The van der Waals surface area contributed by atoms with Crippen molar-refractivity contribution in [2.45, 2.75) is 19.3 Å². The number of nitrogens with one attached hydrogen (secondary N) is 2. The highest BCUT2D eigenvalue weighted by Gasteiger charge is 2.10. The highest BCUT2D eigenvalue weighted by molar-refractivity contribution is 5.79. The first-order chi connectivity index (χ1) is 10.7. The fraction of sp³-hybridized carbons (Fsp3) is 0.188. The number of aryl methyl sites for hydroxylation is 1. The van der Waals surface area contributed by atoms with E-state index in [9.17, 15) is 9.59 Å². The fourth-order valence-corrected chi connectivity index (χ4v) is 2.56. The van der Waals surface area contributed by atoms with E-state index in [1.807, 2.05) is 24.3 Å². The van der Waals surface area contributed by atoms with Crippen LogP contribution in [0, 0.1) is 0 Å². The van der Waals surface area contributed by atoms with Crippen molar-refractivity contribution in [2.75, 3.05) is 5.73 Å². The highest BCUT2D eigenvalue weighted by Crippen LogP contribution is 2.20. The van der Waals surface area contributed by atoms with Gasteiger partial charge in [0.05, 0.1) is 5.39 Å². The maximum Gasteiger partial charge on any atom is 0.262 e. The molecule has 0 aromatic carbocycles. The Morgan fingerprint density at radius 2 is 2.18 bits per heavy atom. The molecule has 2 heterocycles. The largest absolute Gasteiger partial charge is 0.369 e. The molecule has 4 N–H and O–H groups in total. The number of allylic oxidation sites excluding steroid dienone is 6. The maximum atomic E-state index is 12.0. The van der Waals surface area contributed by atoms with Crippen LogP contribution in [-0.4, -0.2) is 21.2 Å². The average molecular weight is 296 g/mol. The van der Waals surface area contributed by atoms with Crippen LogP contribution in [0.1, 0.15) is 18.4 Å². The molecule has 0 fully saturated rings. The minimum Gasteiger partial charge on any atom is -0.369 e. The third-order valence-electron chi connectivity index (χ3n) is 3.70. The molecule has 0 unspecified atom stereocenters. The van der Waals surface area contributed by atoms with E-state index in [-0.39, 0.29) is 11.5 Å². The number of nitrogen functional groups attached to an aromatic ring is 1. The number of carbonyl (C=O) groups excluding carboxylic acids is 1. The number of aromatic amines is 2. The molecule has 0 spiro atoms. The molecule has 0 saturated heterocycles. The van der Waals surface area contributed by atoms with E-state index >= 15 is 0 Å². The number of aromatic nitrogens is 3. The second-order valence-corrected chi connectivity index (χ2v) is 5.20. The average Bonchev–Trinajstić information content (AvgIpc) is 2.76. The number of carbonyl (C=O) groups is 1. The fourth-order valence-electron chi connectivity index (χ4n) is 2.56. The zero-order valence-corrected chi connectivity index (χ0v) is 11.9. The Labute approximate surface area is 126 Å². The maximum absolute atomic E-state index is 12.0. The predicted octanol–water partition coefficient (Wildman–Crippen LogP) is 1.78. The minimum atomic E-state index is -0.225. The number of hydrogen-bond acceptors (Lipinski definition) is 4. The third kappa shape index (κ3) is 2.76. The lowest BCUT2D eigenvalue weighted by molar-refractivity contribution is -0.104. The molecule has 1 aliphatic rings. The summed E-state index contributed by atoms with van der Waals surface area (Å²) in [4.78, 5) is 32.3. The third-order valence-corrected chi connectivity index (χ3v) is 3.70. The van der Waals surface area contributed by atoms with Crippen molar-refractivity contribution in [2.24, 2.45) is 0 Å². The Balaban J connectivity index is 1.82. The van der Waals surface area contributed by atoms with Crippen LogP contribution in [0.5, 0.6) is 0 Å². The molecule has 6 nitrogen and oxygen atoms in total. The van der Waals surface area contributed by atoms with Gasteiger partial charge in [-0.15, -0.1) is 0 Å². The van der Waals surface area contributed by atoms with Gasteiger partial charge in [0.15, 0.2) is 0 Å². The van der Waals surface area contributed by atoms with E-state index in [1.54, 1.807) is 6.20 Å². The molecular weight excluding hydrogens is 280 g/mol. The lowest BCUT2D eigenvalue weighted by Gasteiger charge is -2.03. The van der Waals surface area contributed by atoms with Gasteiger partial charge in [0, 0.05) is 11.8 Å². The summed E-state index contributed by atoms with van der Waals surface area (Å²) < 4.78 is 0. The number of fused-ring (bicyclic) bond motifs is 1. The first kappa shape index (κ1) is 14.1. The molecule has 0 aliphatic heterocycles. The standard InChI is InChI=1S/C16H16N4O2/c17-16-19-14-13(15(22)20-16)12(8-18-14)7-6-10-2-1-3-11(9-21)5-4-10/h1,3-5,8-9H,2,6-7H2,(H4,17,18,19,20,22). The van der Waals surface area contributed by atoms with E-state index in [4.69, 9.17) is 5.73 Å². The van der Waals surface area contributed by atoms with Gasteiger partial charge in [-0.3, -0.25) is 14.6 Å². The van der Waals surface area contributed by atoms with Gasteiger partial charge in [0.1, 0.15) is 11.9 Å². The second kappa shape index (κ2) is 5.85. The zero-order chi connectivity index (χ0) is 15.5. The van der Waals surface area contributed by atoms with Gasteiger partial charge in [0.2, 0.25) is 5.95 Å². The number of rotatable bonds is 4. The topological polar surface area (TPSA) is 105 Å². The molecular formula is C16H16N4O2. The van der Waals surface area contributed by atoms with Crippen molar-refractivity contribution in [3.05, 3.63) is 57.6 Å². The Morgan fingerprint density at radius 3 is 3.00 bits per heavy atom. The number of hydrogen-bond donors (Lipinski definition) is 3. The molecule has 0 amide bonds. The highest BCUT2D eigenvalue weighted by atomic mass is 16.1. The molecule has 0 radical (unpaired) electrons. The summed E-state index contributed by atoms with van der Waals surface area (Å²) in [6.45, 7) is 0. The van der Waals surface area contributed by atoms with E-state index in [0.717, 1.165) is 31.1 Å². The molecule has 2 aromatic heterocycles. The van der Waals surface area contributed by atoms with E-state index in [1.165, 1.54) is 5.57 Å². The van der Waals surface area contributed by atoms with Crippen LogP contribution in [0.3, 0.4) is 0 Å². The van der Waals surface area contributed by atoms with Gasteiger partial charge in [-0.2, -0.15) is 4.98 Å². The first-order valence-electron chi connectivity index (χ1n) is 7.04. The van der Waals surface area contributed by atoms with Crippen LogP contribution in [-0.2, 0) is 11.2 Å². The van der Waals surface area contributed by atoms with Gasteiger partial charge in [-0.25, -0.2) is 0 Å². The second-order valence-electron chi connectivity index (χ2n) is 5.20. The van der Waals surface area contributed by atoms with E-state index in [2.05, 4.69) is 15.0 Å². The molecule has 112 valence electrons. The minimum absolute atomic E-state index is 0.106. The van der Waals surface area contributed by atoms with Crippen molar-refractivity contribution < 1.29 is 4.79 Å². The summed E-state index contributed by atoms with van der Waals surface area (Å²) >= 11 is 0. The van der Waals surface area contributed by atoms with Crippen molar-refractivity contribution in [3.63, 3.8) is 0 Å². The Hall–Kier alpha value is -2.89. The van der Waals surface area contributed by atoms with Crippen molar-refractivity contribution in [1.82, 2.24) is 15.0 Å². The van der Waals surface area contributed by atoms with Crippen LogP contribution in [0.15, 0.2) is 46.4 Å². The molecule has 22 heavy (non-hydrogen) atoms. The zero-order valence-electron chi connectivity index (χ0n) is 11.9. The molecule has 0 bridgehead atoms. The SMILES string of the molecule is Nc1nc2[nH]cc(CCC3=CC=C(C=O)C=CC3)c2c(=O)[nH]1. The summed E-state index contributed by atoms with van der Waals surface area (Å²) in [5.41, 5.74) is 8.60. The summed E-state index contributed by atoms with van der Waals surface area (Å²) in [6.07, 6.45) is 12.6. The molecule has 3 rings (SSSR count). The number of anilines is 1. The van der Waals surface area contributed by atoms with Gasteiger partial charge < -0.3 is 10.7 Å². The van der Waals surface area contributed by atoms with Crippen molar-refractivity contribution in [1.29, 1.82) is 0 Å². The number of H-pyrrole nitrogens is 2. The van der Waals surface area contributed by atoms with Gasteiger partial charge in [-0.1, -0.05) is 29.9 Å². The molecule has 1 aliphatic carbocycles. The normalized spacial score (nSPS) is 14.5. The lowest BCUT2D eigenvalue weighted by atomic mass is 10.0. The summed E-state index contributed by atoms with van der Waals surface area (Å²) in [5, 5.41) is 0.558. The van der Waals surface area contributed by atoms with Crippen LogP contribution >= 0.6 is 0 Å². The molecule has 2 aromatic rings. The van der Waals surface area contributed by atoms with Gasteiger partial charge >= 0.3 is 0 Å². The number of nitrogens with two attached hydrogens (primary N) is 1. The number of aldehydes is 1. The monoisotopic (exact) mass is 296 g/mol. The molecule has 0 saturated carbocycles. The summed E-state index contributed by atoms with van der Waals surface area (Å²) in [6, 6.07) is 0. The Morgan fingerprint density at radius 1 is 1.32 bits per heavy atom. The first-order valence-corrected chi connectivity index (χ1v) is 7.04. The van der Waals surface area contributed by atoms with E-state index < -0.39 is 0 Å². The predicted molar refractivity (Wildman–Crippen MR) is 85.4 cm³/mol. The lowest BCUT2D eigenvalue weighted by Crippen LogP contribution is -2.11. The summed E-state index contributed by atoms with van der Waals surface area (Å²) in [7, 11) is 0. The Bertz CT molecular complexity index is 868. The molecule has 6 heteroatoms. The van der Waals surface area contributed by atoms with Crippen LogP contribution in [0.25, 0.3) is 11.0 Å². The van der Waals surface area contributed by atoms with Crippen LogP contribution < -0.4 is 11.3 Å². The van der Waals surface area contributed by atoms with Crippen molar-refractivity contribution in [3.8, 4) is 0 Å².